The van der Waals surface area contributed by atoms with Crippen LogP contribution in [0.15, 0.2) is 35.4 Å². The lowest BCUT2D eigenvalue weighted by molar-refractivity contribution is 0.338. The summed E-state index contributed by atoms with van der Waals surface area (Å²) in [4.78, 5) is 18.2. The van der Waals surface area contributed by atoms with E-state index >= 15 is 0 Å². The van der Waals surface area contributed by atoms with Gasteiger partial charge in [-0.05, 0) is 19.1 Å². The van der Waals surface area contributed by atoms with E-state index in [0.29, 0.717) is 23.7 Å². The van der Waals surface area contributed by atoms with Crippen LogP contribution in [0.25, 0.3) is 16.9 Å². The Morgan fingerprint density at radius 1 is 1.37 bits per heavy atom. The van der Waals surface area contributed by atoms with Crippen LogP contribution >= 0.6 is 0 Å². The number of rotatable bonds is 3. The Morgan fingerprint density at radius 3 is 3.05 bits per heavy atom. The van der Waals surface area contributed by atoms with Gasteiger partial charge >= 0.3 is 0 Å². The average molecular weight is 257 g/mol. The maximum absolute atomic E-state index is 11.6. The van der Waals surface area contributed by atoms with Crippen molar-refractivity contribution in [2.24, 2.45) is 0 Å². The first kappa shape index (κ1) is 11.4. The van der Waals surface area contributed by atoms with Gasteiger partial charge in [0.25, 0.3) is 5.56 Å². The Hall–Kier alpha value is -2.70. The van der Waals surface area contributed by atoms with Crippen molar-refractivity contribution >= 4 is 11.2 Å². The van der Waals surface area contributed by atoms with E-state index in [0.717, 1.165) is 0 Å². The Balaban J connectivity index is 2.25. The number of aromatic amines is 1. The molecule has 0 bridgehead atoms. The van der Waals surface area contributed by atoms with Crippen molar-refractivity contribution in [3.8, 4) is 11.4 Å². The molecule has 2 heterocycles. The average Bonchev–Trinajstić information content (AvgIpc) is 2.85. The minimum absolute atomic E-state index is 0.203. The second kappa shape index (κ2) is 4.52. The van der Waals surface area contributed by atoms with Crippen molar-refractivity contribution in [1.82, 2.24) is 25.0 Å². The van der Waals surface area contributed by atoms with Gasteiger partial charge in [-0.25, -0.2) is 4.98 Å². The number of hydrogen-bond donors (Lipinski definition) is 1. The topological polar surface area (TPSA) is 85.7 Å². The van der Waals surface area contributed by atoms with E-state index < -0.39 is 0 Å². The summed E-state index contributed by atoms with van der Waals surface area (Å²) in [5.41, 5.74) is 0.986. The first-order valence-corrected chi connectivity index (χ1v) is 5.82. The summed E-state index contributed by atoms with van der Waals surface area (Å²) < 4.78 is 7.03. The third kappa shape index (κ3) is 1.85. The molecule has 19 heavy (non-hydrogen) atoms. The van der Waals surface area contributed by atoms with Gasteiger partial charge in [-0.3, -0.25) is 4.79 Å². The molecule has 0 unspecified atom stereocenters. The molecule has 0 saturated heterocycles. The van der Waals surface area contributed by atoms with Crippen molar-refractivity contribution in [2.45, 2.75) is 6.92 Å². The molecule has 0 fully saturated rings. The molecule has 0 saturated carbocycles. The van der Waals surface area contributed by atoms with E-state index in [1.165, 1.54) is 11.0 Å². The van der Waals surface area contributed by atoms with E-state index in [1.54, 1.807) is 0 Å². The minimum atomic E-state index is -0.315. The molecule has 3 aromatic rings. The van der Waals surface area contributed by atoms with Crippen LogP contribution < -0.4 is 10.3 Å². The predicted octanol–water partition coefficient (Wildman–Crippen LogP) is 0.902. The summed E-state index contributed by atoms with van der Waals surface area (Å²) in [5, 5.41) is 7.82. The molecule has 0 aliphatic rings. The Bertz CT molecular complexity index is 777. The quantitative estimate of drug-likeness (QED) is 0.753. The smallest absolute Gasteiger partial charge is 0.280 e. The summed E-state index contributed by atoms with van der Waals surface area (Å²) in [6, 6.07) is 7.40. The largest absolute Gasteiger partial charge is 0.492 e. The Morgan fingerprint density at radius 2 is 2.21 bits per heavy atom. The number of hydrogen-bond acceptors (Lipinski definition) is 5. The van der Waals surface area contributed by atoms with E-state index in [9.17, 15) is 4.79 Å². The lowest BCUT2D eigenvalue weighted by Gasteiger charge is -2.09. The van der Waals surface area contributed by atoms with Crippen LogP contribution in [-0.2, 0) is 0 Å². The van der Waals surface area contributed by atoms with E-state index in [-0.39, 0.29) is 11.1 Å². The highest BCUT2D eigenvalue weighted by Crippen LogP contribution is 2.23. The normalized spacial score (nSPS) is 10.8. The van der Waals surface area contributed by atoms with Gasteiger partial charge in [0.05, 0.1) is 12.9 Å². The molecule has 96 valence electrons. The zero-order chi connectivity index (χ0) is 13.2. The third-order valence-electron chi connectivity index (χ3n) is 2.64. The van der Waals surface area contributed by atoms with Crippen molar-refractivity contribution in [3.05, 3.63) is 40.9 Å². The number of nitrogens with one attached hydrogen (secondary N) is 1. The first-order chi connectivity index (χ1) is 9.31. The van der Waals surface area contributed by atoms with Crippen molar-refractivity contribution < 1.29 is 4.74 Å². The number of nitrogens with zero attached hydrogens (tertiary/aromatic N) is 4. The second-order valence-corrected chi connectivity index (χ2v) is 3.81. The third-order valence-corrected chi connectivity index (χ3v) is 2.64. The molecule has 7 heteroatoms. The molecule has 1 aromatic carbocycles. The molecule has 1 N–H and O–H groups in total. The highest BCUT2D eigenvalue weighted by Gasteiger charge is 2.13. The van der Waals surface area contributed by atoms with Crippen molar-refractivity contribution in [1.29, 1.82) is 0 Å². The monoisotopic (exact) mass is 257 g/mol. The fourth-order valence-electron chi connectivity index (χ4n) is 1.83. The highest BCUT2D eigenvalue weighted by molar-refractivity contribution is 5.70. The van der Waals surface area contributed by atoms with Gasteiger partial charge in [-0.1, -0.05) is 17.3 Å². The Kier molecular flexibility index (Phi) is 2.71. The molecule has 2 aromatic heterocycles. The van der Waals surface area contributed by atoms with Crippen LogP contribution in [0.4, 0.5) is 0 Å². The molecule has 0 radical (unpaired) electrons. The maximum Gasteiger partial charge on any atom is 0.280 e. The standard InChI is InChI=1S/C12H11N5O2/c1-2-19-9-6-4-3-5-8(9)17-11-10(15-16-17)12(18)14-7-13-11/h3-7H,2H2,1H3,(H,13,14,18). The molecule has 0 amide bonds. The number of fused-ring (bicyclic) bond motifs is 1. The molecule has 3 rings (SSSR count). The minimum Gasteiger partial charge on any atom is -0.492 e. The number of ether oxygens (including phenoxy) is 1. The number of benzene rings is 1. The van der Waals surface area contributed by atoms with E-state index in [2.05, 4.69) is 20.3 Å². The van der Waals surface area contributed by atoms with Gasteiger partial charge in [-0.2, -0.15) is 4.68 Å². The van der Waals surface area contributed by atoms with Gasteiger partial charge < -0.3 is 9.72 Å². The molecular formula is C12H11N5O2. The van der Waals surface area contributed by atoms with Crippen molar-refractivity contribution in [2.75, 3.05) is 6.61 Å². The zero-order valence-corrected chi connectivity index (χ0v) is 10.2. The molecule has 0 aliphatic heterocycles. The predicted molar refractivity (Wildman–Crippen MR) is 68.4 cm³/mol. The van der Waals surface area contributed by atoms with Crippen molar-refractivity contribution in [3.63, 3.8) is 0 Å². The van der Waals surface area contributed by atoms with Gasteiger partial charge in [0.1, 0.15) is 11.4 Å². The van der Waals surface area contributed by atoms with Crippen LogP contribution in [0.3, 0.4) is 0 Å². The fraction of sp³-hybridized carbons (Fsp3) is 0.167. The fourth-order valence-corrected chi connectivity index (χ4v) is 1.83. The second-order valence-electron chi connectivity index (χ2n) is 3.81. The highest BCUT2D eigenvalue weighted by atomic mass is 16.5. The number of para-hydroxylation sites is 2. The molecule has 0 spiro atoms. The van der Waals surface area contributed by atoms with Gasteiger partial charge in [-0.15, -0.1) is 5.10 Å². The van der Waals surface area contributed by atoms with Gasteiger partial charge in [0.15, 0.2) is 11.2 Å². The van der Waals surface area contributed by atoms with Crippen LogP contribution in [0.1, 0.15) is 6.92 Å². The summed E-state index contributed by atoms with van der Waals surface area (Å²) in [6.07, 6.45) is 1.33. The zero-order valence-electron chi connectivity index (χ0n) is 10.2. The molecule has 7 nitrogen and oxygen atoms in total. The molecular weight excluding hydrogens is 246 g/mol. The van der Waals surface area contributed by atoms with Gasteiger partial charge in [0.2, 0.25) is 0 Å². The lowest BCUT2D eigenvalue weighted by Crippen LogP contribution is -2.07. The lowest BCUT2D eigenvalue weighted by atomic mass is 10.3. The van der Waals surface area contributed by atoms with Gasteiger partial charge in [0, 0.05) is 0 Å². The summed E-state index contributed by atoms with van der Waals surface area (Å²) in [7, 11) is 0. The Labute approximate surface area is 107 Å². The summed E-state index contributed by atoms with van der Waals surface area (Å²) in [5.74, 6) is 0.666. The van der Waals surface area contributed by atoms with Crippen LogP contribution in [0, 0.1) is 0 Å². The summed E-state index contributed by atoms with van der Waals surface area (Å²) >= 11 is 0. The maximum atomic E-state index is 11.6. The molecule has 0 atom stereocenters. The molecule has 0 aliphatic carbocycles. The van der Waals surface area contributed by atoms with Crippen LogP contribution in [0.2, 0.25) is 0 Å². The summed E-state index contributed by atoms with van der Waals surface area (Å²) in [6.45, 7) is 2.44. The number of aromatic nitrogens is 5. The van der Waals surface area contributed by atoms with Crippen LogP contribution in [-0.4, -0.2) is 31.6 Å². The van der Waals surface area contributed by atoms with E-state index in [4.69, 9.17) is 4.74 Å². The first-order valence-electron chi connectivity index (χ1n) is 5.82. The number of H-pyrrole nitrogens is 1. The SMILES string of the molecule is CCOc1ccccc1-n1nnc2c(=O)[nH]cnc21. The van der Waals surface area contributed by atoms with E-state index in [1.807, 2.05) is 31.2 Å². The van der Waals surface area contributed by atoms with Crippen LogP contribution in [0.5, 0.6) is 5.75 Å².